The van der Waals surface area contributed by atoms with Crippen molar-refractivity contribution >= 4 is 29.1 Å². The summed E-state index contributed by atoms with van der Waals surface area (Å²) in [6, 6.07) is 2.80. The van der Waals surface area contributed by atoms with Gasteiger partial charge in [-0.05, 0) is 31.2 Å². The summed E-state index contributed by atoms with van der Waals surface area (Å²) in [4.78, 5) is 37.8. The quantitative estimate of drug-likeness (QED) is 0.836. The van der Waals surface area contributed by atoms with Crippen molar-refractivity contribution in [3.8, 4) is 0 Å². The Morgan fingerprint density at radius 3 is 2.67 bits per heavy atom. The van der Waals surface area contributed by atoms with Crippen molar-refractivity contribution in [2.24, 2.45) is 0 Å². The highest BCUT2D eigenvalue weighted by Gasteiger charge is 2.21. The number of nitrogens with zero attached hydrogens (tertiary/aromatic N) is 1. The van der Waals surface area contributed by atoms with E-state index in [0.29, 0.717) is 4.88 Å². The number of carbonyl (C=O) groups excluding carboxylic acids is 3. The zero-order valence-corrected chi connectivity index (χ0v) is 12.7. The predicted molar refractivity (Wildman–Crippen MR) is 80.1 cm³/mol. The molecule has 1 aliphatic rings. The van der Waals surface area contributed by atoms with Crippen LogP contribution in [0.4, 0.5) is 0 Å². The maximum absolute atomic E-state index is 11.9. The summed E-state index contributed by atoms with van der Waals surface area (Å²) in [5.41, 5.74) is 0. The molecule has 1 aliphatic heterocycles. The minimum Gasteiger partial charge on any atom is -0.345 e. The van der Waals surface area contributed by atoms with E-state index in [1.807, 2.05) is 0 Å². The van der Waals surface area contributed by atoms with Crippen molar-refractivity contribution in [2.45, 2.75) is 25.8 Å². The molecule has 0 spiro atoms. The lowest BCUT2D eigenvalue weighted by molar-refractivity contribution is -0.132. The molecule has 21 heavy (non-hydrogen) atoms. The highest BCUT2D eigenvalue weighted by Crippen LogP contribution is 2.08. The van der Waals surface area contributed by atoms with Crippen LogP contribution < -0.4 is 10.6 Å². The van der Waals surface area contributed by atoms with Crippen molar-refractivity contribution < 1.29 is 14.4 Å². The second-order valence-electron chi connectivity index (χ2n) is 4.98. The van der Waals surface area contributed by atoms with E-state index in [0.717, 1.165) is 25.9 Å². The molecule has 1 aromatic heterocycles. The van der Waals surface area contributed by atoms with Gasteiger partial charge in [0.25, 0.3) is 5.91 Å². The fourth-order valence-electron chi connectivity index (χ4n) is 2.14. The number of likely N-dealkylation sites (tertiary alicyclic amines) is 1. The molecule has 2 rings (SSSR count). The zero-order valence-electron chi connectivity index (χ0n) is 11.9. The molecule has 0 radical (unpaired) electrons. The maximum Gasteiger partial charge on any atom is 0.261 e. The first-order chi connectivity index (χ1) is 10.1. The maximum atomic E-state index is 11.9. The van der Waals surface area contributed by atoms with Crippen LogP contribution in [-0.4, -0.2) is 48.3 Å². The molecule has 3 amide bonds. The number of nitrogens with one attached hydrogen (secondary N) is 2. The van der Waals surface area contributed by atoms with Crippen LogP contribution >= 0.6 is 11.3 Å². The second kappa shape index (κ2) is 7.21. The minimum atomic E-state index is -0.675. The molecule has 0 bridgehead atoms. The fraction of sp³-hybridized carbons (Fsp3) is 0.500. The molecule has 1 aromatic rings. The summed E-state index contributed by atoms with van der Waals surface area (Å²) >= 11 is 1.32. The van der Waals surface area contributed by atoms with Gasteiger partial charge in [-0.25, -0.2) is 0 Å². The third-order valence-electron chi connectivity index (χ3n) is 3.36. The SMILES string of the molecule is CC(NC(=O)c1cccs1)C(=O)NCC(=O)N1CCCC1. The van der Waals surface area contributed by atoms with Crippen LogP contribution in [0.15, 0.2) is 17.5 Å². The monoisotopic (exact) mass is 309 g/mol. The van der Waals surface area contributed by atoms with Gasteiger partial charge in [0.1, 0.15) is 6.04 Å². The summed E-state index contributed by atoms with van der Waals surface area (Å²) in [6.07, 6.45) is 2.04. The van der Waals surface area contributed by atoms with E-state index in [9.17, 15) is 14.4 Å². The zero-order chi connectivity index (χ0) is 15.2. The van der Waals surface area contributed by atoms with Crippen LogP contribution in [0, 0.1) is 0 Å². The molecular weight excluding hydrogens is 290 g/mol. The topological polar surface area (TPSA) is 78.5 Å². The first-order valence-corrected chi connectivity index (χ1v) is 7.86. The van der Waals surface area contributed by atoms with E-state index >= 15 is 0 Å². The van der Waals surface area contributed by atoms with Crippen LogP contribution in [0.5, 0.6) is 0 Å². The molecule has 0 aliphatic carbocycles. The molecule has 0 aromatic carbocycles. The summed E-state index contributed by atoms with van der Waals surface area (Å²) < 4.78 is 0. The average molecular weight is 309 g/mol. The standard InChI is InChI=1S/C14H19N3O3S/c1-10(16-14(20)11-5-4-8-21-11)13(19)15-9-12(18)17-6-2-3-7-17/h4-5,8,10H,2-3,6-7,9H2,1H3,(H,15,19)(H,16,20). The van der Waals surface area contributed by atoms with Gasteiger partial charge >= 0.3 is 0 Å². The lowest BCUT2D eigenvalue weighted by Crippen LogP contribution is -2.47. The number of rotatable bonds is 5. The van der Waals surface area contributed by atoms with Gasteiger partial charge in [0.2, 0.25) is 11.8 Å². The molecule has 7 heteroatoms. The fourth-order valence-corrected chi connectivity index (χ4v) is 2.76. The second-order valence-corrected chi connectivity index (χ2v) is 5.93. The Morgan fingerprint density at radius 1 is 1.33 bits per heavy atom. The lowest BCUT2D eigenvalue weighted by Gasteiger charge is -2.17. The van der Waals surface area contributed by atoms with E-state index < -0.39 is 6.04 Å². The molecule has 1 fully saturated rings. The van der Waals surface area contributed by atoms with Gasteiger partial charge in [-0.15, -0.1) is 11.3 Å². The molecule has 1 atom stereocenters. The molecule has 6 nitrogen and oxygen atoms in total. The molecule has 2 N–H and O–H groups in total. The largest absolute Gasteiger partial charge is 0.345 e. The average Bonchev–Trinajstić information content (AvgIpc) is 3.15. The van der Waals surface area contributed by atoms with E-state index in [-0.39, 0.29) is 24.3 Å². The van der Waals surface area contributed by atoms with Crippen LogP contribution in [-0.2, 0) is 9.59 Å². The normalized spacial score (nSPS) is 15.6. The highest BCUT2D eigenvalue weighted by atomic mass is 32.1. The molecule has 1 unspecified atom stereocenters. The summed E-state index contributed by atoms with van der Waals surface area (Å²) in [6.45, 7) is 3.11. The third-order valence-corrected chi connectivity index (χ3v) is 4.23. The molecule has 114 valence electrons. The van der Waals surface area contributed by atoms with Crippen molar-refractivity contribution in [1.82, 2.24) is 15.5 Å². The predicted octanol–water partition coefficient (Wildman–Crippen LogP) is 0.605. The van der Waals surface area contributed by atoms with E-state index in [1.165, 1.54) is 11.3 Å². The van der Waals surface area contributed by atoms with Crippen LogP contribution in [0.25, 0.3) is 0 Å². The van der Waals surface area contributed by atoms with Gasteiger partial charge in [-0.3, -0.25) is 14.4 Å². The number of hydrogen-bond acceptors (Lipinski definition) is 4. The van der Waals surface area contributed by atoms with Gasteiger partial charge < -0.3 is 15.5 Å². The highest BCUT2D eigenvalue weighted by molar-refractivity contribution is 7.12. The first kappa shape index (κ1) is 15.5. The summed E-state index contributed by atoms with van der Waals surface area (Å²) in [7, 11) is 0. The van der Waals surface area contributed by atoms with Crippen molar-refractivity contribution in [2.75, 3.05) is 19.6 Å². The van der Waals surface area contributed by atoms with Crippen LogP contribution in [0.2, 0.25) is 0 Å². The summed E-state index contributed by atoms with van der Waals surface area (Å²) in [5, 5.41) is 6.98. The number of amides is 3. The minimum absolute atomic E-state index is 0.0158. The Balaban J connectivity index is 1.74. The van der Waals surface area contributed by atoms with Gasteiger partial charge in [0.05, 0.1) is 11.4 Å². The van der Waals surface area contributed by atoms with E-state index in [1.54, 1.807) is 29.3 Å². The lowest BCUT2D eigenvalue weighted by atomic mass is 10.3. The molecule has 2 heterocycles. The van der Waals surface area contributed by atoms with Crippen LogP contribution in [0.1, 0.15) is 29.4 Å². The number of hydrogen-bond donors (Lipinski definition) is 2. The Hall–Kier alpha value is -1.89. The Labute approximate surface area is 127 Å². The van der Waals surface area contributed by atoms with Gasteiger partial charge in [-0.1, -0.05) is 6.07 Å². The number of thiophene rings is 1. The van der Waals surface area contributed by atoms with Gasteiger partial charge in [-0.2, -0.15) is 0 Å². The third kappa shape index (κ3) is 4.29. The Morgan fingerprint density at radius 2 is 2.05 bits per heavy atom. The van der Waals surface area contributed by atoms with E-state index in [2.05, 4.69) is 10.6 Å². The van der Waals surface area contributed by atoms with Gasteiger partial charge in [0, 0.05) is 13.1 Å². The first-order valence-electron chi connectivity index (χ1n) is 6.98. The molecular formula is C14H19N3O3S. The smallest absolute Gasteiger partial charge is 0.261 e. The molecule has 1 saturated heterocycles. The Kier molecular flexibility index (Phi) is 5.32. The van der Waals surface area contributed by atoms with Crippen molar-refractivity contribution in [1.29, 1.82) is 0 Å². The van der Waals surface area contributed by atoms with Crippen molar-refractivity contribution in [3.05, 3.63) is 22.4 Å². The Bertz CT molecular complexity index is 510. The number of carbonyl (C=O) groups is 3. The van der Waals surface area contributed by atoms with Gasteiger partial charge in [0.15, 0.2) is 0 Å². The summed E-state index contributed by atoms with van der Waals surface area (Å²) in [5.74, 6) is -0.705. The van der Waals surface area contributed by atoms with E-state index in [4.69, 9.17) is 0 Å². The van der Waals surface area contributed by atoms with Crippen molar-refractivity contribution in [3.63, 3.8) is 0 Å². The molecule has 0 saturated carbocycles. The van der Waals surface area contributed by atoms with Crippen LogP contribution in [0.3, 0.4) is 0 Å².